The minimum atomic E-state index is 0. The molecule has 32 heavy (non-hydrogen) atoms. The Morgan fingerprint density at radius 2 is 0.969 bits per heavy atom. The van der Waals surface area contributed by atoms with Crippen LogP contribution in [0.4, 0.5) is 0 Å². The number of hydrogen-bond acceptors (Lipinski definition) is 8. The van der Waals surface area contributed by atoms with Gasteiger partial charge in [-0.15, -0.1) is 0 Å². The fraction of sp³-hybridized carbons (Fsp3) is 0.857. The van der Waals surface area contributed by atoms with Crippen molar-refractivity contribution < 1.29 is 66.4 Å². The molecule has 0 saturated heterocycles. The van der Waals surface area contributed by atoms with Crippen LogP contribution in [-0.2, 0) is 51.0 Å². The van der Waals surface area contributed by atoms with E-state index in [1.165, 1.54) is 0 Å². The average molecular weight is 576 g/mol. The zero-order valence-electron chi connectivity index (χ0n) is 19.6. The molecule has 0 amide bonds. The summed E-state index contributed by atoms with van der Waals surface area (Å²) in [5.74, 6) is 0. The first kappa shape index (κ1) is 31.6. The van der Waals surface area contributed by atoms with Gasteiger partial charge in [0.1, 0.15) is 25.5 Å². The lowest BCUT2D eigenvalue weighted by Crippen LogP contribution is -3.00. The van der Waals surface area contributed by atoms with Gasteiger partial charge in [0.05, 0.1) is 92.5 Å². The number of rotatable bonds is 24. The molecule has 1 aromatic rings. The first-order valence-corrected chi connectivity index (χ1v) is 10.9. The Kier molecular flexibility index (Phi) is 24.9. The van der Waals surface area contributed by atoms with E-state index in [2.05, 4.69) is 15.5 Å². The Balaban J connectivity index is 0.00000961. The predicted molar refractivity (Wildman–Crippen MR) is 113 cm³/mol. The lowest BCUT2D eigenvalue weighted by atomic mass is 10.6. The number of methoxy groups -OCH3 is 2. The second kappa shape index (κ2) is 25.2. The number of halogens is 1. The third-order valence-corrected chi connectivity index (χ3v) is 4.09. The molecule has 1 aromatic heterocycles. The van der Waals surface area contributed by atoms with Crippen LogP contribution in [-0.4, -0.2) is 111 Å². The van der Waals surface area contributed by atoms with Crippen molar-refractivity contribution in [2.45, 2.75) is 13.1 Å². The summed E-state index contributed by atoms with van der Waals surface area (Å²) in [6.45, 7) is 9.89. The maximum atomic E-state index is 5.59. The second-order valence-electron chi connectivity index (χ2n) is 6.55. The summed E-state index contributed by atoms with van der Waals surface area (Å²) in [4.78, 5) is 0. The van der Waals surface area contributed by atoms with E-state index in [-0.39, 0.29) is 24.0 Å². The fourth-order valence-corrected chi connectivity index (χ4v) is 2.41. The Bertz CT molecular complexity index is 456. The van der Waals surface area contributed by atoms with E-state index in [1.54, 1.807) is 14.2 Å². The number of imidazole rings is 1. The largest absolute Gasteiger partial charge is 1.00 e. The maximum Gasteiger partial charge on any atom is 0.243 e. The van der Waals surface area contributed by atoms with Crippen molar-refractivity contribution in [3.63, 3.8) is 0 Å². The quantitative estimate of drug-likeness (QED) is 0.0741. The van der Waals surface area contributed by atoms with Gasteiger partial charge in [0.25, 0.3) is 0 Å². The van der Waals surface area contributed by atoms with Crippen LogP contribution in [0.2, 0.25) is 0 Å². The highest BCUT2D eigenvalue weighted by molar-refractivity contribution is 4.65. The van der Waals surface area contributed by atoms with Crippen LogP contribution in [0, 0.1) is 0 Å². The molecule has 0 N–H and O–H groups in total. The van der Waals surface area contributed by atoms with Gasteiger partial charge in [-0.05, 0) is 0 Å². The average Bonchev–Trinajstić information content (AvgIpc) is 3.23. The highest BCUT2D eigenvalue weighted by Gasteiger charge is 2.03. The monoisotopic (exact) mass is 576 g/mol. The number of ether oxygens (including phenoxy) is 8. The standard InChI is InChI=1S/C21H41N2O8.HI/c1-24-9-11-28-17-19-30-15-13-26-7-5-22-3-4-23(21-22)6-8-27-14-16-31-20-18-29-12-10-25-2;/h3-4,21H,5-20H2,1-2H3;1H/q+1;/p-1. The summed E-state index contributed by atoms with van der Waals surface area (Å²) in [7, 11) is 3.31. The van der Waals surface area contributed by atoms with E-state index in [0.29, 0.717) is 92.5 Å². The van der Waals surface area contributed by atoms with E-state index in [1.807, 2.05) is 12.4 Å². The second-order valence-corrected chi connectivity index (χ2v) is 6.55. The predicted octanol–water partition coefficient (Wildman–Crippen LogP) is -2.83. The van der Waals surface area contributed by atoms with Crippen LogP contribution in [0.3, 0.4) is 0 Å². The SMILES string of the molecule is COCCOCCOCCOCCn1cc[n+](CCOCCOCCOCCOC)c1.[I-]. The van der Waals surface area contributed by atoms with Crippen LogP contribution in [0.1, 0.15) is 0 Å². The molecule has 0 aliphatic rings. The molecule has 0 saturated carbocycles. The van der Waals surface area contributed by atoms with Crippen LogP contribution in [0.5, 0.6) is 0 Å². The molecule has 0 fully saturated rings. The van der Waals surface area contributed by atoms with Gasteiger partial charge >= 0.3 is 0 Å². The van der Waals surface area contributed by atoms with Crippen LogP contribution in [0.15, 0.2) is 18.7 Å². The first-order valence-electron chi connectivity index (χ1n) is 10.9. The molecular weight excluding hydrogens is 535 g/mol. The number of hydrogen-bond donors (Lipinski definition) is 0. The normalized spacial score (nSPS) is 11.1. The first-order chi connectivity index (χ1) is 15.4. The molecule has 0 radical (unpaired) electrons. The van der Waals surface area contributed by atoms with E-state index < -0.39 is 0 Å². The van der Waals surface area contributed by atoms with Crippen molar-refractivity contribution in [2.75, 3.05) is 107 Å². The van der Waals surface area contributed by atoms with Gasteiger partial charge in [0.15, 0.2) is 0 Å². The van der Waals surface area contributed by atoms with E-state index in [4.69, 9.17) is 37.9 Å². The van der Waals surface area contributed by atoms with E-state index >= 15 is 0 Å². The van der Waals surface area contributed by atoms with Gasteiger partial charge in [-0.25, -0.2) is 9.13 Å². The highest BCUT2D eigenvalue weighted by Crippen LogP contribution is 1.88. The summed E-state index contributed by atoms with van der Waals surface area (Å²) < 4.78 is 46.7. The zero-order valence-corrected chi connectivity index (χ0v) is 21.7. The minimum Gasteiger partial charge on any atom is -1.00 e. The number of nitrogens with zero attached hydrogens (tertiary/aromatic N) is 2. The van der Waals surface area contributed by atoms with Crippen molar-refractivity contribution >= 4 is 0 Å². The molecular formula is C21H41IN2O8. The number of aromatic nitrogens is 2. The summed E-state index contributed by atoms with van der Waals surface area (Å²) in [6, 6.07) is 0. The van der Waals surface area contributed by atoms with Gasteiger partial charge in [0.2, 0.25) is 6.33 Å². The van der Waals surface area contributed by atoms with Crippen molar-refractivity contribution in [3.8, 4) is 0 Å². The molecule has 0 spiro atoms. The summed E-state index contributed by atoms with van der Waals surface area (Å²) in [5, 5.41) is 0. The smallest absolute Gasteiger partial charge is 0.243 e. The minimum absolute atomic E-state index is 0. The lowest BCUT2D eigenvalue weighted by Gasteiger charge is -2.06. The van der Waals surface area contributed by atoms with Crippen molar-refractivity contribution in [2.24, 2.45) is 0 Å². The van der Waals surface area contributed by atoms with Gasteiger partial charge in [-0.2, -0.15) is 0 Å². The molecule has 0 aliphatic carbocycles. The topological polar surface area (TPSA) is 82.7 Å². The maximum absolute atomic E-state index is 5.59. The van der Waals surface area contributed by atoms with Crippen LogP contribution < -0.4 is 28.5 Å². The lowest BCUT2D eigenvalue weighted by molar-refractivity contribution is -0.698. The van der Waals surface area contributed by atoms with Gasteiger partial charge in [-0.3, -0.25) is 0 Å². The molecule has 0 atom stereocenters. The molecule has 1 rings (SSSR count). The molecule has 10 nitrogen and oxygen atoms in total. The molecule has 0 bridgehead atoms. The summed E-state index contributed by atoms with van der Waals surface area (Å²) in [5.41, 5.74) is 0. The summed E-state index contributed by atoms with van der Waals surface area (Å²) in [6.07, 6.45) is 6.11. The summed E-state index contributed by atoms with van der Waals surface area (Å²) >= 11 is 0. The Hall–Kier alpha value is -0.380. The zero-order chi connectivity index (χ0) is 22.2. The Morgan fingerprint density at radius 1 is 0.562 bits per heavy atom. The molecule has 1 heterocycles. The van der Waals surface area contributed by atoms with Gasteiger partial charge in [0, 0.05) is 14.2 Å². The van der Waals surface area contributed by atoms with Crippen molar-refractivity contribution in [1.82, 2.24) is 4.57 Å². The Morgan fingerprint density at radius 3 is 1.44 bits per heavy atom. The molecule has 0 aliphatic heterocycles. The molecule has 11 heteroatoms. The fourth-order valence-electron chi connectivity index (χ4n) is 2.41. The highest BCUT2D eigenvalue weighted by atomic mass is 127. The molecule has 0 unspecified atom stereocenters. The van der Waals surface area contributed by atoms with Crippen molar-refractivity contribution in [3.05, 3.63) is 18.7 Å². The van der Waals surface area contributed by atoms with Crippen LogP contribution in [0.25, 0.3) is 0 Å². The van der Waals surface area contributed by atoms with E-state index in [0.717, 1.165) is 13.1 Å². The van der Waals surface area contributed by atoms with Gasteiger partial charge in [-0.1, -0.05) is 0 Å². The van der Waals surface area contributed by atoms with Crippen LogP contribution >= 0.6 is 0 Å². The van der Waals surface area contributed by atoms with Gasteiger partial charge < -0.3 is 61.9 Å². The van der Waals surface area contributed by atoms with E-state index in [9.17, 15) is 0 Å². The molecule has 190 valence electrons. The molecule has 0 aromatic carbocycles. The third-order valence-electron chi connectivity index (χ3n) is 4.09. The third kappa shape index (κ3) is 20.2. The Labute approximate surface area is 209 Å². The van der Waals surface area contributed by atoms with Crippen molar-refractivity contribution in [1.29, 1.82) is 0 Å².